The van der Waals surface area contributed by atoms with E-state index in [9.17, 15) is 9.59 Å². The zero-order valence-electron chi connectivity index (χ0n) is 11.3. The van der Waals surface area contributed by atoms with Gasteiger partial charge in [-0.3, -0.25) is 4.79 Å². The van der Waals surface area contributed by atoms with E-state index >= 15 is 0 Å². The van der Waals surface area contributed by atoms with Crippen molar-refractivity contribution in [2.45, 2.75) is 12.8 Å². The summed E-state index contributed by atoms with van der Waals surface area (Å²) in [5.74, 6) is 0.131. The highest BCUT2D eigenvalue weighted by atomic mass is 16.5. The first-order chi connectivity index (χ1) is 9.60. The molecule has 0 aromatic heterocycles. The van der Waals surface area contributed by atoms with Crippen molar-refractivity contribution >= 4 is 17.6 Å². The molecular formula is C14H18N2O4. The van der Waals surface area contributed by atoms with Crippen molar-refractivity contribution in [2.24, 2.45) is 5.92 Å². The number of nitrogens with two attached hydrogens (primary N) is 1. The van der Waals surface area contributed by atoms with Crippen LogP contribution in [-0.4, -0.2) is 32.1 Å². The second-order valence-electron chi connectivity index (χ2n) is 4.78. The molecule has 0 radical (unpaired) electrons. The molecule has 0 heterocycles. The Kier molecular flexibility index (Phi) is 4.45. The maximum atomic E-state index is 11.8. The Bertz CT molecular complexity index is 512. The third-order valence-electron chi connectivity index (χ3n) is 3.09. The monoisotopic (exact) mass is 278 g/mol. The van der Waals surface area contributed by atoms with E-state index in [2.05, 4.69) is 5.32 Å². The molecule has 1 amide bonds. The molecule has 2 rings (SSSR count). The summed E-state index contributed by atoms with van der Waals surface area (Å²) < 4.78 is 9.96. The predicted molar refractivity (Wildman–Crippen MR) is 73.4 cm³/mol. The van der Waals surface area contributed by atoms with Crippen molar-refractivity contribution in [1.29, 1.82) is 0 Å². The quantitative estimate of drug-likeness (QED) is 0.597. The molecule has 1 aliphatic rings. The standard InChI is InChI=1S/C14H18N2O4/c1-19-12-6-10(4-5-11(12)15)14(18)20-8-13(17)16-7-9-2-3-9/h4-6,9H,2-3,7-8,15H2,1H3,(H,16,17). The van der Waals surface area contributed by atoms with Crippen LogP contribution in [0.25, 0.3) is 0 Å². The smallest absolute Gasteiger partial charge is 0.338 e. The lowest BCUT2D eigenvalue weighted by atomic mass is 10.2. The Morgan fingerprint density at radius 1 is 1.40 bits per heavy atom. The number of benzene rings is 1. The molecule has 20 heavy (non-hydrogen) atoms. The van der Waals surface area contributed by atoms with Gasteiger partial charge in [0.15, 0.2) is 6.61 Å². The average Bonchev–Trinajstić information content (AvgIpc) is 3.27. The Morgan fingerprint density at radius 2 is 2.15 bits per heavy atom. The highest BCUT2D eigenvalue weighted by Gasteiger charge is 2.21. The van der Waals surface area contributed by atoms with Crippen molar-refractivity contribution in [1.82, 2.24) is 5.32 Å². The molecular weight excluding hydrogens is 260 g/mol. The van der Waals surface area contributed by atoms with Gasteiger partial charge in [-0.15, -0.1) is 0 Å². The Labute approximate surface area is 117 Å². The van der Waals surface area contributed by atoms with Gasteiger partial charge in [0.25, 0.3) is 5.91 Å². The summed E-state index contributed by atoms with van der Waals surface area (Å²) >= 11 is 0. The lowest BCUT2D eigenvalue weighted by Crippen LogP contribution is -2.30. The number of esters is 1. The zero-order chi connectivity index (χ0) is 14.5. The van der Waals surface area contributed by atoms with Crippen LogP contribution in [-0.2, 0) is 9.53 Å². The minimum atomic E-state index is -0.579. The van der Waals surface area contributed by atoms with E-state index in [-0.39, 0.29) is 12.5 Å². The largest absolute Gasteiger partial charge is 0.495 e. The number of ether oxygens (including phenoxy) is 2. The van der Waals surface area contributed by atoms with E-state index in [0.29, 0.717) is 29.5 Å². The van der Waals surface area contributed by atoms with Crippen LogP contribution in [0.15, 0.2) is 18.2 Å². The summed E-state index contributed by atoms with van der Waals surface area (Å²) in [5.41, 5.74) is 6.39. The molecule has 6 nitrogen and oxygen atoms in total. The summed E-state index contributed by atoms with van der Waals surface area (Å²) in [4.78, 5) is 23.2. The van der Waals surface area contributed by atoms with Crippen LogP contribution in [0.4, 0.5) is 5.69 Å². The molecule has 0 aliphatic heterocycles. The maximum absolute atomic E-state index is 11.8. The van der Waals surface area contributed by atoms with Gasteiger partial charge in [-0.25, -0.2) is 4.79 Å². The first-order valence-electron chi connectivity index (χ1n) is 6.47. The zero-order valence-corrected chi connectivity index (χ0v) is 11.3. The second kappa shape index (κ2) is 6.27. The second-order valence-corrected chi connectivity index (χ2v) is 4.78. The van der Waals surface area contributed by atoms with Gasteiger partial charge < -0.3 is 20.5 Å². The summed E-state index contributed by atoms with van der Waals surface area (Å²) in [5, 5.41) is 2.72. The van der Waals surface area contributed by atoms with Gasteiger partial charge in [0.05, 0.1) is 18.4 Å². The number of methoxy groups -OCH3 is 1. The fourth-order valence-electron chi connectivity index (χ4n) is 1.68. The molecule has 0 spiro atoms. The molecule has 108 valence electrons. The minimum absolute atomic E-state index is 0.280. The molecule has 1 aliphatic carbocycles. The fourth-order valence-corrected chi connectivity index (χ4v) is 1.68. The number of rotatable bonds is 6. The highest BCUT2D eigenvalue weighted by Crippen LogP contribution is 2.27. The molecule has 1 aromatic carbocycles. The first-order valence-corrected chi connectivity index (χ1v) is 6.47. The van der Waals surface area contributed by atoms with Gasteiger partial charge in [-0.1, -0.05) is 0 Å². The summed E-state index contributed by atoms with van der Waals surface area (Å²) in [7, 11) is 1.46. The molecule has 1 fully saturated rings. The number of hydrogen-bond acceptors (Lipinski definition) is 5. The van der Waals surface area contributed by atoms with Crippen molar-refractivity contribution in [3.8, 4) is 5.75 Å². The SMILES string of the molecule is COc1cc(C(=O)OCC(=O)NCC2CC2)ccc1N. The van der Waals surface area contributed by atoms with Crippen LogP contribution in [0.3, 0.4) is 0 Å². The molecule has 0 atom stereocenters. The third-order valence-corrected chi connectivity index (χ3v) is 3.09. The molecule has 0 unspecified atom stereocenters. The van der Waals surface area contributed by atoms with Crippen LogP contribution in [0, 0.1) is 5.92 Å². The highest BCUT2D eigenvalue weighted by molar-refractivity contribution is 5.92. The normalized spacial score (nSPS) is 13.7. The van der Waals surface area contributed by atoms with Gasteiger partial charge in [0.2, 0.25) is 0 Å². The summed E-state index contributed by atoms with van der Waals surface area (Å²) in [6.07, 6.45) is 2.32. The first kappa shape index (κ1) is 14.2. The molecule has 6 heteroatoms. The number of amides is 1. The predicted octanol–water partition coefficient (Wildman–Crippen LogP) is 0.960. The molecule has 0 bridgehead atoms. The summed E-state index contributed by atoms with van der Waals surface area (Å²) in [6, 6.07) is 4.57. The van der Waals surface area contributed by atoms with Crippen molar-refractivity contribution in [3.63, 3.8) is 0 Å². The van der Waals surface area contributed by atoms with Gasteiger partial charge in [0.1, 0.15) is 5.75 Å². The van der Waals surface area contributed by atoms with E-state index in [0.717, 1.165) is 12.8 Å². The van der Waals surface area contributed by atoms with Gasteiger partial charge >= 0.3 is 5.97 Å². The van der Waals surface area contributed by atoms with Crippen molar-refractivity contribution < 1.29 is 19.1 Å². The van der Waals surface area contributed by atoms with Crippen LogP contribution < -0.4 is 15.8 Å². The van der Waals surface area contributed by atoms with Gasteiger partial charge in [-0.2, -0.15) is 0 Å². The molecule has 1 saturated carbocycles. The molecule has 0 saturated heterocycles. The van der Waals surface area contributed by atoms with Crippen LogP contribution in [0.2, 0.25) is 0 Å². The number of nitrogen functional groups attached to an aromatic ring is 1. The topological polar surface area (TPSA) is 90.6 Å². The Morgan fingerprint density at radius 3 is 2.80 bits per heavy atom. The van der Waals surface area contributed by atoms with E-state index in [1.54, 1.807) is 6.07 Å². The average molecular weight is 278 g/mol. The third kappa shape index (κ3) is 3.88. The maximum Gasteiger partial charge on any atom is 0.338 e. The number of carbonyl (C=O) groups is 2. The number of nitrogens with one attached hydrogen (secondary N) is 1. The van der Waals surface area contributed by atoms with Crippen molar-refractivity contribution in [2.75, 3.05) is 26.0 Å². The van der Waals surface area contributed by atoms with E-state index in [4.69, 9.17) is 15.2 Å². The minimum Gasteiger partial charge on any atom is -0.495 e. The van der Waals surface area contributed by atoms with Crippen molar-refractivity contribution in [3.05, 3.63) is 23.8 Å². The van der Waals surface area contributed by atoms with Crippen LogP contribution in [0.5, 0.6) is 5.75 Å². The Hall–Kier alpha value is -2.24. The number of carbonyl (C=O) groups excluding carboxylic acids is 2. The van der Waals surface area contributed by atoms with E-state index < -0.39 is 5.97 Å². The molecule has 1 aromatic rings. The van der Waals surface area contributed by atoms with Gasteiger partial charge in [-0.05, 0) is 37.0 Å². The number of anilines is 1. The van der Waals surface area contributed by atoms with Crippen LogP contribution in [0.1, 0.15) is 23.2 Å². The van der Waals surface area contributed by atoms with Crippen LogP contribution >= 0.6 is 0 Å². The van der Waals surface area contributed by atoms with Gasteiger partial charge in [0, 0.05) is 6.54 Å². The summed E-state index contributed by atoms with van der Waals surface area (Å²) in [6.45, 7) is 0.379. The Balaban J connectivity index is 1.82. The fraction of sp³-hybridized carbons (Fsp3) is 0.429. The lowest BCUT2D eigenvalue weighted by molar-refractivity contribution is -0.124. The number of hydrogen-bond donors (Lipinski definition) is 2. The lowest BCUT2D eigenvalue weighted by Gasteiger charge is -2.08. The molecule has 3 N–H and O–H groups in total. The van der Waals surface area contributed by atoms with E-state index in [1.807, 2.05) is 0 Å². The van der Waals surface area contributed by atoms with E-state index in [1.165, 1.54) is 19.2 Å².